The third-order valence-corrected chi connectivity index (χ3v) is 2.33. The van der Waals surface area contributed by atoms with Crippen LogP contribution in [0, 0.1) is 11.8 Å². The monoisotopic (exact) mass is 225 g/mol. The number of anilines is 1. The summed E-state index contributed by atoms with van der Waals surface area (Å²) in [6.07, 6.45) is 4.28. The number of hydrogen-bond acceptors (Lipinski definition) is 4. The van der Waals surface area contributed by atoms with Crippen LogP contribution in [-0.4, -0.2) is 17.6 Å². The molecule has 0 saturated heterocycles. The van der Waals surface area contributed by atoms with Gasteiger partial charge in [-0.25, -0.2) is 0 Å². The fraction of sp³-hybridized carbons (Fsp3) is 0.636. The smallest absolute Gasteiger partial charge is 0.224 e. The average molecular weight is 225 g/mol. The van der Waals surface area contributed by atoms with E-state index in [1.54, 1.807) is 0 Å². The van der Waals surface area contributed by atoms with E-state index in [2.05, 4.69) is 28.8 Å². The van der Waals surface area contributed by atoms with Crippen LogP contribution >= 0.6 is 0 Å². The number of rotatable bonds is 6. The Morgan fingerprint density at radius 2 is 2.38 bits per heavy atom. The van der Waals surface area contributed by atoms with E-state index in [-0.39, 0.29) is 11.8 Å². The van der Waals surface area contributed by atoms with Gasteiger partial charge in [0, 0.05) is 6.42 Å². The van der Waals surface area contributed by atoms with Crippen molar-refractivity contribution in [2.45, 2.75) is 26.7 Å². The van der Waals surface area contributed by atoms with Crippen LogP contribution in [0.3, 0.4) is 0 Å². The summed E-state index contributed by atoms with van der Waals surface area (Å²) in [5.41, 5.74) is 6.22. The van der Waals surface area contributed by atoms with Crippen LogP contribution in [0.4, 0.5) is 5.69 Å². The SMILES string of the molecule is CC(C)CC(CN)CC(=O)Nc1cnoc1. The largest absolute Gasteiger partial charge is 0.363 e. The fourth-order valence-electron chi connectivity index (χ4n) is 1.67. The predicted octanol–water partition coefficient (Wildman–Crippen LogP) is 1.62. The number of carbonyl (C=O) groups is 1. The van der Waals surface area contributed by atoms with Crippen molar-refractivity contribution >= 4 is 11.6 Å². The summed E-state index contributed by atoms with van der Waals surface area (Å²) in [7, 11) is 0. The Kier molecular flexibility index (Phi) is 4.98. The van der Waals surface area contributed by atoms with Gasteiger partial charge in [-0.1, -0.05) is 19.0 Å². The van der Waals surface area contributed by atoms with E-state index < -0.39 is 0 Å². The molecule has 1 aromatic heterocycles. The summed E-state index contributed by atoms with van der Waals surface area (Å²) in [5, 5.41) is 6.22. The maximum absolute atomic E-state index is 11.6. The first kappa shape index (κ1) is 12.7. The zero-order valence-electron chi connectivity index (χ0n) is 9.77. The third-order valence-electron chi connectivity index (χ3n) is 2.33. The van der Waals surface area contributed by atoms with E-state index in [1.165, 1.54) is 12.5 Å². The Balaban J connectivity index is 2.37. The van der Waals surface area contributed by atoms with Crippen LogP contribution in [0.15, 0.2) is 17.0 Å². The van der Waals surface area contributed by atoms with E-state index in [0.717, 1.165) is 6.42 Å². The second-order valence-corrected chi connectivity index (χ2v) is 4.40. The highest BCUT2D eigenvalue weighted by atomic mass is 16.5. The normalized spacial score (nSPS) is 12.8. The van der Waals surface area contributed by atoms with Crippen LogP contribution in [0.25, 0.3) is 0 Å². The standard InChI is InChI=1S/C11H19N3O2/c1-8(2)3-9(5-12)4-11(15)14-10-6-13-16-7-10/h6-9H,3-5,12H2,1-2H3,(H,14,15). The van der Waals surface area contributed by atoms with Crippen LogP contribution in [0.2, 0.25) is 0 Å². The molecule has 0 radical (unpaired) electrons. The van der Waals surface area contributed by atoms with Gasteiger partial charge in [-0.05, 0) is 24.8 Å². The minimum Gasteiger partial charge on any atom is -0.363 e. The average Bonchev–Trinajstić information content (AvgIpc) is 2.68. The molecule has 3 N–H and O–H groups in total. The second-order valence-electron chi connectivity index (χ2n) is 4.40. The van der Waals surface area contributed by atoms with Crippen molar-refractivity contribution < 1.29 is 9.32 Å². The molecule has 0 aliphatic rings. The van der Waals surface area contributed by atoms with E-state index >= 15 is 0 Å². The molecular weight excluding hydrogens is 206 g/mol. The van der Waals surface area contributed by atoms with Gasteiger partial charge in [-0.15, -0.1) is 0 Å². The van der Waals surface area contributed by atoms with Gasteiger partial charge in [0.05, 0.1) is 6.20 Å². The molecular formula is C11H19N3O2. The van der Waals surface area contributed by atoms with Crippen LogP contribution in [-0.2, 0) is 4.79 Å². The Morgan fingerprint density at radius 1 is 1.62 bits per heavy atom. The molecule has 1 rings (SSSR count). The predicted molar refractivity (Wildman–Crippen MR) is 61.7 cm³/mol. The molecule has 0 aliphatic carbocycles. The zero-order chi connectivity index (χ0) is 12.0. The molecule has 0 bridgehead atoms. The second kappa shape index (κ2) is 6.27. The zero-order valence-corrected chi connectivity index (χ0v) is 9.77. The molecule has 1 aromatic rings. The summed E-state index contributed by atoms with van der Waals surface area (Å²) >= 11 is 0. The summed E-state index contributed by atoms with van der Waals surface area (Å²) in [5.74, 6) is 0.746. The summed E-state index contributed by atoms with van der Waals surface area (Å²) in [6, 6.07) is 0. The van der Waals surface area contributed by atoms with Crippen LogP contribution in [0.1, 0.15) is 26.7 Å². The van der Waals surface area contributed by atoms with Crippen molar-refractivity contribution in [1.29, 1.82) is 0 Å². The molecule has 0 aliphatic heterocycles. The highest BCUT2D eigenvalue weighted by molar-refractivity contribution is 5.90. The van der Waals surface area contributed by atoms with Gasteiger partial charge in [0.25, 0.3) is 0 Å². The van der Waals surface area contributed by atoms with Gasteiger partial charge >= 0.3 is 0 Å². The first-order chi connectivity index (χ1) is 7.61. The lowest BCUT2D eigenvalue weighted by Gasteiger charge is -2.16. The molecule has 1 heterocycles. The molecule has 0 spiro atoms. The molecule has 0 saturated carbocycles. The van der Waals surface area contributed by atoms with Crippen molar-refractivity contribution in [3.05, 3.63) is 12.5 Å². The van der Waals surface area contributed by atoms with Crippen LogP contribution in [0.5, 0.6) is 0 Å². The van der Waals surface area contributed by atoms with E-state index in [0.29, 0.717) is 24.6 Å². The Hall–Kier alpha value is -1.36. The Bertz CT molecular complexity index is 309. The molecule has 90 valence electrons. The maximum Gasteiger partial charge on any atom is 0.224 e. The van der Waals surface area contributed by atoms with Crippen molar-refractivity contribution in [2.75, 3.05) is 11.9 Å². The van der Waals surface area contributed by atoms with Gasteiger partial charge < -0.3 is 15.6 Å². The fourth-order valence-corrected chi connectivity index (χ4v) is 1.67. The van der Waals surface area contributed by atoms with E-state index in [9.17, 15) is 4.79 Å². The molecule has 1 unspecified atom stereocenters. The minimum absolute atomic E-state index is 0.0423. The van der Waals surface area contributed by atoms with Crippen molar-refractivity contribution in [1.82, 2.24) is 5.16 Å². The Labute approximate surface area is 95.4 Å². The lowest BCUT2D eigenvalue weighted by atomic mass is 9.94. The Morgan fingerprint density at radius 3 is 2.88 bits per heavy atom. The van der Waals surface area contributed by atoms with Crippen molar-refractivity contribution in [3.63, 3.8) is 0 Å². The molecule has 0 fully saturated rings. The summed E-state index contributed by atoms with van der Waals surface area (Å²) in [6.45, 7) is 4.79. The molecule has 16 heavy (non-hydrogen) atoms. The number of nitrogens with two attached hydrogens (primary N) is 1. The van der Waals surface area contributed by atoms with Gasteiger partial charge in [-0.2, -0.15) is 0 Å². The van der Waals surface area contributed by atoms with Gasteiger partial charge in [0.2, 0.25) is 5.91 Å². The van der Waals surface area contributed by atoms with Crippen molar-refractivity contribution in [2.24, 2.45) is 17.6 Å². The summed E-state index contributed by atoms with van der Waals surface area (Å²) in [4.78, 5) is 11.6. The number of amides is 1. The molecule has 1 atom stereocenters. The number of nitrogens with one attached hydrogen (secondary N) is 1. The van der Waals surface area contributed by atoms with E-state index in [4.69, 9.17) is 5.73 Å². The summed E-state index contributed by atoms with van der Waals surface area (Å²) < 4.78 is 4.62. The molecule has 5 nitrogen and oxygen atoms in total. The highest BCUT2D eigenvalue weighted by Crippen LogP contribution is 2.15. The first-order valence-electron chi connectivity index (χ1n) is 5.51. The van der Waals surface area contributed by atoms with Gasteiger partial charge in [-0.3, -0.25) is 4.79 Å². The van der Waals surface area contributed by atoms with Gasteiger partial charge in [0.1, 0.15) is 12.0 Å². The molecule has 5 heteroatoms. The number of carbonyl (C=O) groups excluding carboxylic acids is 1. The van der Waals surface area contributed by atoms with Crippen molar-refractivity contribution in [3.8, 4) is 0 Å². The number of hydrogen-bond donors (Lipinski definition) is 2. The minimum atomic E-state index is -0.0423. The highest BCUT2D eigenvalue weighted by Gasteiger charge is 2.14. The third kappa shape index (κ3) is 4.44. The lowest BCUT2D eigenvalue weighted by molar-refractivity contribution is -0.117. The number of nitrogens with zero attached hydrogens (tertiary/aromatic N) is 1. The van der Waals surface area contributed by atoms with E-state index in [1.807, 2.05) is 0 Å². The lowest BCUT2D eigenvalue weighted by Crippen LogP contribution is -2.23. The molecule has 0 aromatic carbocycles. The molecule has 1 amide bonds. The topological polar surface area (TPSA) is 81.2 Å². The van der Waals surface area contributed by atoms with Crippen LogP contribution < -0.4 is 11.1 Å². The van der Waals surface area contributed by atoms with Gasteiger partial charge in [0.15, 0.2) is 0 Å². The quantitative estimate of drug-likeness (QED) is 0.770. The number of aromatic nitrogens is 1. The maximum atomic E-state index is 11.6. The first-order valence-corrected chi connectivity index (χ1v) is 5.51.